The van der Waals surface area contributed by atoms with E-state index in [-0.39, 0.29) is 29.2 Å². The highest BCUT2D eigenvalue weighted by Gasteiger charge is 2.30. The lowest BCUT2D eigenvalue weighted by Gasteiger charge is -2.37. The van der Waals surface area contributed by atoms with Gasteiger partial charge in [0.15, 0.2) is 0 Å². The first-order chi connectivity index (χ1) is 10.6. The topological polar surface area (TPSA) is 62.4 Å². The second kappa shape index (κ2) is 6.15. The Morgan fingerprint density at radius 2 is 1.95 bits per heavy atom. The van der Waals surface area contributed by atoms with Crippen molar-refractivity contribution in [1.29, 1.82) is 0 Å². The highest BCUT2D eigenvalue weighted by atomic mass is 16.5. The normalized spacial score (nSPS) is 21.6. The lowest BCUT2D eigenvalue weighted by Crippen LogP contribution is -2.47. The molecule has 1 aromatic heterocycles. The van der Waals surface area contributed by atoms with Gasteiger partial charge in [-0.3, -0.25) is 9.59 Å². The smallest absolute Gasteiger partial charge is 0.260 e. The highest BCUT2D eigenvalue weighted by Crippen LogP contribution is 2.25. The van der Waals surface area contributed by atoms with Gasteiger partial charge in [-0.1, -0.05) is 30.3 Å². The monoisotopic (exact) mass is 298 g/mol. The molecule has 0 radical (unpaired) electrons. The van der Waals surface area contributed by atoms with E-state index in [4.69, 9.17) is 4.74 Å². The van der Waals surface area contributed by atoms with E-state index in [9.17, 15) is 9.59 Å². The van der Waals surface area contributed by atoms with E-state index in [1.807, 2.05) is 37.3 Å². The standard InChI is InChI=1S/C17H18N2O3/c1-12-10-19(17(21)14-8-5-9-18-16(14)20)11-15(22-12)13-6-3-2-4-7-13/h2-9,12,15H,10-11H2,1H3,(H,18,20)/t12-,15-/m0/s1. The molecule has 1 amide bonds. The summed E-state index contributed by atoms with van der Waals surface area (Å²) in [6.45, 7) is 2.86. The second-order valence-electron chi connectivity index (χ2n) is 5.47. The van der Waals surface area contributed by atoms with Crippen LogP contribution in [0.4, 0.5) is 0 Å². The number of H-pyrrole nitrogens is 1. The van der Waals surface area contributed by atoms with E-state index in [0.29, 0.717) is 13.1 Å². The number of ether oxygens (including phenoxy) is 1. The molecule has 0 unspecified atom stereocenters. The molecule has 22 heavy (non-hydrogen) atoms. The molecule has 1 aliphatic heterocycles. The van der Waals surface area contributed by atoms with Crippen LogP contribution in [0.25, 0.3) is 0 Å². The van der Waals surface area contributed by atoms with Crippen LogP contribution in [0.15, 0.2) is 53.5 Å². The van der Waals surface area contributed by atoms with Crippen molar-refractivity contribution in [2.24, 2.45) is 0 Å². The van der Waals surface area contributed by atoms with Gasteiger partial charge in [-0.2, -0.15) is 0 Å². The average molecular weight is 298 g/mol. The molecule has 1 fully saturated rings. The molecule has 3 rings (SSSR count). The summed E-state index contributed by atoms with van der Waals surface area (Å²) in [4.78, 5) is 28.6. The van der Waals surface area contributed by atoms with E-state index < -0.39 is 0 Å². The fourth-order valence-electron chi connectivity index (χ4n) is 2.73. The first-order valence-corrected chi connectivity index (χ1v) is 7.32. The maximum atomic E-state index is 12.6. The van der Waals surface area contributed by atoms with E-state index >= 15 is 0 Å². The van der Waals surface area contributed by atoms with Gasteiger partial charge >= 0.3 is 0 Å². The third kappa shape index (κ3) is 2.94. The molecule has 0 saturated carbocycles. The number of aromatic amines is 1. The van der Waals surface area contributed by atoms with Crippen molar-refractivity contribution in [3.63, 3.8) is 0 Å². The lowest BCUT2D eigenvalue weighted by atomic mass is 10.1. The molecule has 1 aromatic carbocycles. The van der Waals surface area contributed by atoms with E-state index in [1.165, 1.54) is 6.20 Å². The molecule has 2 heterocycles. The van der Waals surface area contributed by atoms with Crippen LogP contribution >= 0.6 is 0 Å². The molecule has 0 aliphatic carbocycles. The van der Waals surface area contributed by atoms with Crippen LogP contribution in [0.3, 0.4) is 0 Å². The minimum absolute atomic E-state index is 0.0781. The maximum Gasteiger partial charge on any atom is 0.260 e. The molecule has 5 heteroatoms. The third-order valence-electron chi connectivity index (χ3n) is 3.77. The average Bonchev–Trinajstić information content (AvgIpc) is 2.55. The summed E-state index contributed by atoms with van der Waals surface area (Å²) in [5.74, 6) is -0.252. The number of amides is 1. The molecule has 1 aliphatic rings. The predicted molar refractivity (Wildman–Crippen MR) is 82.7 cm³/mol. The van der Waals surface area contributed by atoms with Gasteiger partial charge in [0.05, 0.1) is 12.6 Å². The minimum Gasteiger partial charge on any atom is -0.367 e. The van der Waals surface area contributed by atoms with Gasteiger partial charge in [0, 0.05) is 12.7 Å². The van der Waals surface area contributed by atoms with Crippen molar-refractivity contribution in [3.8, 4) is 0 Å². The fraction of sp³-hybridized carbons (Fsp3) is 0.294. The first-order valence-electron chi connectivity index (χ1n) is 7.32. The number of carbonyl (C=O) groups is 1. The molecule has 0 bridgehead atoms. The largest absolute Gasteiger partial charge is 0.367 e. The van der Waals surface area contributed by atoms with Crippen molar-refractivity contribution in [2.75, 3.05) is 13.1 Å². The van der Waals surface area contributed by atoms with Gasteiger partial charge in [0.1, 0.15) is 11.7 Å². The summed E-state index contributed by atoms with van der Waals surface area (Å²) >= 11 is 0. The Morgan fingerprint density at radius 3 is 2.68 bits per heavy atom. The molecule has 1 N–H and O–H groups in total. The van der Waals surface area contributed by atoms with E-state index in [1.54, 1.807) is 17.0 Å². The number of hydrogen-bond acceptors (Lipinski definition) is 3. The number of nitrogens with one attached hydrogen (secondary N) is 1. The summed E-state index contributed by atoms with van der Waals surface area (Å²) in [5.41, 5.74) is 0.847. The lowest BCUT2D eigenvalue weighted by molar-refractivity contribution is -0.0692. The van der Waals surface area contributed by atoms with Crippen molar-refractivity contribution in [3.05, 3.63) is 70.1 Å². The van der Waals surface area contributed by atoms with Crippen LogP contribution in [0.2, 0.25) is 0 Å². The SMILES string of the molecule is C[C@H]1CN(C(=O)c2ccc[nH]c2=O)C[C@@H](c2ccccc2)O1. The minimum atomic E-state index is -0.358. The van der Waals surface area contributed by atoms with Crippen molar-refractivity contribution in [1.82, 2.24) is 9.88 Å². The number of aromatic nitrogens is 1. The van der Waals surface area contributed by atoms with Gasteiger partial charge in [0.25, 0.3) is 11.5 Å². The Bertz CT molecular complexity index is 711. The van der Waals surface area contributed by atoms with Crippen LogP contribution in [-0.2, 0) is 4.74 Å². The van der Waals surface area contributed by atoms with Gasteiger partial charge < -0.3 is 14.6 Å². The number of morpholine rings is 1. The van der Waals surface area contributed by atoms with Crippen molar-refractivity contribution < 1.29 is 9.53 Å². The van der Waals surface area contributed by atoms with Crippen molar-refractivity contribution in [2.45, 2.75) is 19.1 Å². The summed E-state index contributed by atoms with van der Waals surface area (Å²) in [6.07, 6.45) is 1.27. The van der Waals surface area contributed by atoms with Crippen LogP contribution in [-0.4, -0.2) is 35.0 Å². The first kappa shape index (κ1) is 14.5. The Morgan fingerprint density at radius 1 is 1.18 bits per heavy atom. The molecule has 1 saturated heterocycles. The van der Waals surface area contributed by atoms with Gasteiger partial charge in [-0.25, -0.2) is 0 Å². The van der Waals surface area contributed by atoms with Gasteiger partial charge in [-0.05, 0) is 24.6 Å². The molecular weight excluding hydrogens is 280 g/mol. The summed E-state index contributed by atoms with van der Waals surface area (Å²) in [7, 11) is 0. The van der Waals surface area contributed by atoms with Crippen LogP contribution in [0.1, 0.15) is 28.9 Å². The Labute approximate surface area is 128 Å². The quantitative estimate of drug-likeness (QED) is 0.922. The number of pyridine rings is 1. The molecule has 114 valence electrons. The van der Waals surface area contributed by atoms with Gasteiger partial charge in [-0.15, -0.1) is 0 Å². The summed E-state index contributed by atoms with van der Waals surface area (Å²) in [6, 6.07) is 13.0. The number of hydrogen-bond donors (Lipinski definition) is 1. The van der Waals surface area contributed by atoms with Crippen molar-refractivity contribution >= 4 is 5.91 Å². The Balaban J connectivity index is 1.84. The predicted octanol–water partition coefficient (Wildman–Crippen LogP) is 1.98. The molecule has 5 nitrogen and oxygen atoms in total. The molecular formula is C17H18N2O3. The number of rotatable bonds is 2. The Hall–Kier alpha value is -2.40. The zero-order valence-electron chi connectivity index (χ0n) is 12.4. The fourth-order valence-corrected chi connectivity index (χ4v) is 2.73. The zero-order chi connectivity index (χ0) is 15.5. The van der Waals surface area contributed by atoms with Crippen LogP contribution in [0.5, 0.6) is 0 Å². The summed E-state index contributed by atoms with van der Waals surface area (Å²) in [5, 5.41) is 0. The number of carbonyl (C=O) groups excluding carboxylic acids is 1. The van der Waals surface area contributed by atoms with Gasteiger partial charge in [0.2, 0.25) is 0 Å². The molecule has 2 aromatic rings. The number of benzene rings is 1. The Kier molecular flexibility index (Phi) is 4.06. The van der Waals surface area contributed by atoms with E-state index in [2.05, 4.69) is 4.98 Å². The molecule has 0 spiro atoms. The number of nitrogens with zero attached hydrogens (tertiary/aromatic N) is 1. The van der Waals surface area contributed by atoms with Crippen LogP contribution in [0, 0.1) is 0 Å². The summed E-state index contributed by atoms with van der Waals surface area (Å²) < 4.78 is 5.94. The zero-order valence-corrected chi connectivity index (χ0v) is 12.4. The second-order valence-corrected chi connectivity index (χ2v) is 5.47. The van der Waals surface area contributed by atoms with Crippen LogP contribution < -0.4 is 5.56 Å². The van der Waals surface area contributed by atoms with E-state index in [0.717, 1.165) is 5.56 Å². The molecule has 2 atom stereocenters. The highest BCUT2D eigenvalue weighted by molar-refractivity contribution is 5.93. The maximum absolute atomic E-state index is 12.6. The third-order valence-corrected chi connectivity index (χ3v) is 3.77.